The van der Waals surface area contributed by atoms with Crippen LogP contribution >= 0.6 is 11.6 Å². The molecule has 0 aromatic heterocycles. The Balaban J connectivity index is 2.08. The number of carbonyl (C=O) groups is 1. The molecule has 7 heteroatoms. The van der Waals surface area contributed by atoms with Crippen molar-refractivity contribution in [3.63, 3.8) is 0 Å². The minimum Gasteiger partial charge on any atom is -0.267 e. The Morgan fingerprint density at radius 2 is 1.86 bits per heavy atom. The summed E-state index contributed by atoms with van der Waals surface area (Å²) in [7, 11) is 0. The molecule has 0 bridgehead atoms. The van der Waals surface area contributed by atoms with Gasteiger partial charge in [0.25, 0.3) is 11.6 Å². The molecule has 0 aliphatic carbocycles. The fraction of sp³-hybridized carbons (Fsp3) is 0.0667. The largest absolute Gasteiger partial charge is 0.271 e. The summed E-state index contributed by atoms with van der Waals surface area (Å²) in [5.74, 6) is -0.448. The molecular weight excluding hydrogens is 306 g/mol. The molecule has 0 unspecified atom stereocenters. The van der Waals surface area contributed by atoms with E-state index >= 15 is 0 Å². The standard InChI is InChI=1S/C15H12ClN3O3/c1-10(12-3-2-4-13(16)9-12)17-18-15(20)11-5-7-14(8-6-11)19(21)22/h2-9H,1H3,(H,18,20)/b17-10-. The summed E-state index contributed by atoms with van der Waals surface area (Å²) in [4.78, 5) is 21.9. The van der Waals surface area contributed by atoms with Crippen molar-refractivity contribution in [1.82, 2.24) is 5.43 Å². The highest BCUT2D eigenvalue weighted by molar-refractivity contribution is 6.31. The van der Waals surface area contributed by atoms with Crippen LogP contribution in [0.2, 0.25) is 5.02 Å². The number of benzene rings is 2. The Labute approximate surface area is 131 Å². The van der Waals surface area contributed by atoms with Crippen molar-refractivity contribution in [3.05, 3.63) is 74.8 Å². The van der Waals surface area contributed by atoms with Crippen molar-refractivity contribution in [3.8, 4) is 0 Å². The molecule has 112 valence electrons. The summed E-state index contributed by atoms with van der Waals surface area (Å²) in [6, 6.07) is 12.4. The Bertz CT molecular complexity index is 742. The Morgan fingerprint density at radius 3 is 2.45 bits per heavy atom. The monoisotopic (exact) mass is 317 g/mol. The van der Waals surface area contributed by atoms with Gasteiger partial charge < -0.3 is 0 Å². The normalized spacial score (nSPS) is 11.1. The van der Waals surface area contributed by atoms with Gasteiger partial charge in [-0.25, -0.2) is 5.43 Å². The zero-order valence-corrected chi connectivity index (χ0v) is 12.4. The van der Waals surface area contributed by atoms with Crippen molar-refractivity contribution >= 4 is 28.9 Å². The van der Waals surface area contributed by atoms with E-state index in [-0.39, 0.29) is 11.3 Å². The number of nitrogens with zero attached hydrogens (tertiary/aromatic N) is 2. The third-order valence-corrected chi connectivity index (χ3v) is 3.14. The molecule has 0 saturated heterocycles. The molecule has 6 nitrogen and oxygen atoms in total. The second-order valence-electron chi connectivity index (χ2n) is 4.45. The third kappa shape index (κ3) is 3.89. The van der Waals surface area contributed by atoms with Gasteiger partial charge in [-0.05, 0) is 36.8 Å². The van der Waals surface area contributed by atoms with Gasteiger partial charge in [0.05, 0.1) is 10.6 Å². The van der Waals surface area contributed by atoms with Crippen LogP contribution in [0, 0.1) is 10.1 Å². The van der Waals surface area contributed by atoms with E-state index in [1.165, 1.54) is 24.3 Å². The quantitative estimate of drug-likeness (QED) is 0.533. The van der Waals surface area contributed by atoms with Gasteiger partial charge in [0.1, 0.15) is 0 Å². The molecule has 0 aliphatic rings. The van der Waals surface area contributed by atoms with Gasteiger partial charge in [-0.2, -0.15) is 5.10 Å². The second kappa shape index (κ2) is 6.82. The van der Waals surface area contributed by atoms with Crippen molar-refractivity contribution in [2.24, 2.45) is 5.10 Å². The highest BCUT2D eigenvalue weighted by atomic mass is 35.5. The highest BCUT2D eigenvalue weighted by Crippen LogP contribution is 2.13. The number of halogens is 1. The molecule has 1 N–H and O–H groups in total. The van der Waals surface area contributed by atoms with Crippen molar-refractivity contribution in [2.75, 3.05) is 0 Å². The second-order valence-corrected chi connectivity index (χ2v) is 4.89. The van der Waals surface area contributed by atoms with Gasteiger partial charge in [0.15, 0.2) is 0 Å². The van der Waals surface area contributed by atoms with Crippen LogP contribution in [-0.4, -0.2) is 16.5 Å². The van der Waals surface area contributed by atoms with Crippen LogP contribution in [0.25, 0.3) is 0 Å². The molecule has 0 heterocycles. The number of hydrogen-bond acceptors (Lipinski definition) is 4. The smallest absolute Gasteiger partial charge is 0.267 e. The lowest BCUT2D eigenvalue weighted by molar-refractivity contribution is -0.384. The molecule has 0 atom stereocenters. The van der Waals surface area contributed by atoms with E-state index in [1.807, 2.05) is 6.07 Å². The molecule has 0 saturated carbocycles. The average Bonchev–Trinajstić information content (AvgIpc) is 2.52. The van der Waals surface area contributed by atoms with Gasteiger partial charge in [-0.3, -0.25) is 14.9 Å². The maximum Gasteiger partial charge on any atom is 0.271 e. The van der Waals surface area contributed by atoms with Crippen LogP contribution in [0.4, 0.5) is 5.69 Å². The van der Waals surface area contributed by atoms with E-state index in [0.717, 1.165) is 5.56 Å². The third-order valence-electron chi connectivity index (χ3n) is 2.91. The van der Waals surface area contributed by atoms with Crippen LogP contribution in [-0.2, 0) is 0 Å². The van der Waals surface area contributed by atoms with E-state index in [4.69, 9.17) is 11.6 Å². The number of amides is 1. The summed E-state index contributed by atoms with van der Waals surface area (Å²) in [6.45, 7) is 1.74. The molecule has 22 heavy (non-hydrogen) atoms. The first-order chi connectivity index (χ1) is 10.5. The van der Waals surface area contributed by atoms with Gasteiger partial charge in [0.2, 0.25) is 0 Å². The predicted octanol–water partition coefficient (Wildman–Crippen LogP) is 3.40. The SMILES string of the molecule is C/C(=N/NC(=O)c1ccc([N+](=O)[O-])cc1)c1cccc(Cl)c1. The average molecular weight is 318 g/mol. The lowest BCUT2D eigenvalue weighted by Gasteiger charge is -2.03. The number of hydrazone groups is 1. The summed E-state index contributed by atoms with van der Waals surface area (Å²) < 4.78 is 0. The number of nitro groups is 1. The predicted molar refractivity (Wildman–Crippen MR) is 84.2 cm³/mol. The maximum absolute atomic E-state index is 11.9. The van der Waals surface area contributed by atoms with Crippen LogP contribution < -0.4 is 5.43 Å². The van der Waals surface area contributed by atoms with Crippen LogP contribution in [0.3, 0.4) is 0 Å². The zero-order valence-electron chi connectivity index (χ0n) is 11.6. The molecule has 0 aliphatic heterocycles. The van der Waals surface area contributed by atoms with Gasteiger partial charge in [-0.1, -0.05) is 23.7 Å². The van der Waals surface area contributed by atoms with Gasteiger partial charge in [-0.15, -0.1) is 0 Å². The first kappa shape index (κ1) is 15.7. The van der Waals surface area contributed by atoms with E-state index < -0.39 is 10.8 Å². The molecule has 2 aromatic rings. The van der Waals surface area contributed by atoms with Crippen LogP contribution in [0.15, 0.2) is 53.6 Å². The van der Waals surface area contributed by atoms with E-state index in [0.29, 0.717) is 10.7 Å². The lowest BCUT2D eigenvalue weighted by atomic mass is 10.1. The zero-order chi connectivity index (χ0) is 16.1. The number of nitrogens with one attached hydrogen (secondary N) is 1. The summed E-state index contributed by atoms with van der Waals surface area (Å²) in [5.41, 5.74) is 4.00. The molecule has 2 aromatic carbocycles. The van der Waals surface area contributed by atoms with Gasteiger partial charge >= 0.3 is 0 Å². The minimum atomic E-state index is -0.525. The first-order valence-corrected chi connectivity index (χ1v) is 6.70. The minimum absolute atomic E-state index is 0.0739. The van der Waals surface area contributed by atoms with Gasteiger partial charge in [0, 0.05) is 22.7 Å². The number of carbonyl (C=O) groups excluding carboxylic acids is 1. The molecule has 1 amide bonds. The Hall–Kier alpha value is -2.73. The topological polar surface area (TPSA) is 84.6 Å². The van der Waals surface area contributed by atoms with E-state index in [2.05, 4.69) is 10.5 Å². The van der Waals surface area contributed by atoms with Crippen molar-refractivity contribution in [1.29, 1.82) is 0 Å². The fourth-order valence-corrected chi connectivity index (χ4v) is 1.90. The maximum atomic E-state index is 11.9. The first-order valence-electron chi connectivity index (χ1n) is 6.32. The van der Waals surface area contributed by atoms with Crippen molar-refractivity contribution < 1.29 is 9.72 Å². The summed E-state index contributed by atoms with van der Waals surface area (Å²) >= 11 is 5.89. The van der Waals surface area contributed by atoms with Crippen LogP contribution in [0.5, 0.6) is 0 Å². The molecule has 0 fully saturated rings. The molecular formula is C15H12ClN3O3. The van der Waals surface area contributed by atoms with E-state index in [9.17, 15) is 14.9 Å². The summed E-state index contributed by atoms with van der Waals surface area (Å²) in [5, 5.41) is 15.1. The fourth-order valence-electron chi connectivity index (χ4n) is 1.71. The Morgan fingerprint density at radius 1 is 1.18 bits per heavy atom. The highest BCUT2D eigenvalue weighted by Gasteiger charge is 2.09. The van der Waals surface area contributed by atoms with E-state index in [1.54, 1.807) is 25.1 Å². The molecule has 2 rings (SSSR count). The molecule has 0 radical (unpaired) electrons. The molecule has 0 spiro atoms. The van der Waals surface area contributed by atoms with Crippen LogP contribution in [0.1, 0.15) is 22.8 Å². The number of non-ortho nitro benzene ring substituents is 1. The summed E-state index contributed by atoms with van der Waals surface area (Å²) in [6.07, 6.45) is 0. The number of rotatable bonds is 4. The number of nitro benzene ring substituents is 1. The van der Waals surface area contributed by atoms with Crippen molar-refractivity contribution in [2.45, 2.75) is 6.92 Å². The lowest BCUT2D eigenvalue weighted by Crippen LogP contribution is -2.19. The number of hydrogen-bond donors (Lipinski definition) is 1. The Kier molecular flexibility index (Phi) is 4.85.